The zero-order chi connectivity index (χ0) is 26.6. The minimum absolute atomic E-state index is 0.108. The lowest BCUT2D eigenvalue weighted by Crippen LogP contribution is -2.50. The first-order chi connectivity index (χ1) is 18.5. The number of aromatic amines is 1. The van der Waals surface area contributed by atoms with Crippen LogP contribution in [-0.4, -0.2) is 61.2 Å². The molecule has 0 spiro atoms. The highest BCUT2D eigenvalue weighted by Crippen LogP contribution is 2.21. The largest absolute Gasteiger partial charge is 0.353 e. The van der Waals surface area contributed by atoms with Crippen molar-refractivity contribution in [2.24, 2.45) is 0 Å². The second-order valence-electron chi connectivity index (χ2n) is 9.35. The topological polar surface area (TPSA) is 121 Å². The lowest BCUT2D eigenvalue weighted by molar-refractivity contribution is 0.208. The molecule has 4 aromatic rings. The Morgan fingerprint density at radius 1 is 0.947 bits per heavy atom. The van der Waals surface area contributed by atoms with E-state index in [1.165, 1.54) is 4.57 Å². The number of aryl methyl sites for hydroxylation is 1. The molecule has 0 bridgehead atoms. The zero-order valence-corrected chi connectivity index (χ0v) is 21.7. The molecular formula is C27H32N8O3. The number of aromatic nitrogens is 5. The highest BCUT2D eigenvalue weighted by molar-refractivity contribution is 5.89. The molecule has 11 nitrogen and oxygen atoms in total. The smallest absolute Gasteiger partial charge is 0.332 e. The molecule has 0 unspecified atom stereocenters. The Hall–Kier alpha value is -4.41. The van der Waals surface area contributed by atoms with Gasteiger partial charge in [0.05, 0.1) is 0 Å². The van der Waals surface area contributed by atoms with E-state index in [1.54, 1.807) is 15.7 Å². The van der Waals surface area contributed by atoms with Gasteiger partial charge >= 0.3 is 11.7 Å². The lowest BCUT2D eigenvalue weighted by Gasteiger charge is -2.35. The summed E-state index contributed by atoms with van der Waals surface area (Å²) in [5.41, 5.74) is 1.53. The maximum Gasteiger partial charge on any atom is 0.332 e. The Morgan fingerprint density at radius 2 is 1.66 bits per heavy atom. The van der Waals surface area contributed by atoms with E-state index in [-0.39, 0.29) is 17.3 Å². The normalized spacial score (nSPS) is 13.7. The molecule has 0 aliphatic carbocycles. The van der Waals surface area contributed by atoms with Crippen molar-refractivity contribution < 1.29 is 4.79 Å². The molecule has 2 amide bonds. The number of urea groups is 1. The Labute approximate surface area is 219 Å². The minimum atomic E-state index is -0.350. The van der Waals surface area contributed by atoms with Gasteiger partial charge in [0.25, 0.3) is 5.56 Å². The van der Waals surface area contributed by atoms with Gasteiger partial charge in [0, 0.05) is 56.7 Å². The van der Waals surface area contributed by atoms with Crippen LogP contribution in [0, 0.1) is 0 Å². The van der Waals surface area contributed by atoms with E-state index in [4.69, 9.17) is 0 Å². The first kappa shape index (κ1) is 25.2. The highest BCUT2D eigenvalue weighted by Gasteiger charge is 2.22. The Kier molecular flexibility index (Phi) is 7.25. The Balaban J connectivity index is 1.31. The molecule has 0 atom stereocenters. The number of anilines is 2. The molecule has 2 N–H and O–H groups in total. The van der Waals surface area contributed by atoms with Crippen molar-refractivity contribution in [2.45, 2.75) is 39.8 Å². The number of rotatable bonds is 7. The monoisotopic (exact) mass is 516 g/mol. The molecule has 198 valence electrons. The molecule has 5 rings (SSSR count). The number of para-hydroxylation sites is 1. The van der Waals surface area contributed by atoms with Crippen LogP contribution in [0.1, 0.15) is 26.7 Å². The molecule has 11 heteroatoms. The van der Waals surface area contributed by atoms with E-state index < -0.39 is 0 Å². The average molecular weight is 517 g/mol. The molecule has 3 aromatic heterocycles. The molecule has 38 heavy (non-hydrogen) atoms. The van der Waals surface area contributed by atoms with Gasteiger partial charge in [0.2, 0.25) is 0 Å². The summed E-state index contributed by atoms with van der Waals surface area (Å²) >= 11 is 0. The molecule has 1 aliphatic rings. The zero-order valence-electron chi connectivity index (χ0n) is 21.7. The number of carbonyl (C=O) groups is 1. The second kappa shape index (κ2) is 10.9. The number of imidazole rings is 1. The lowest BCUT2D eigenvalue weighted by atomic mass is 10.2. The van der Waals surface area contributed by atoms with Gasteiger partial charge < -0.3 is 20.1 Å². The number of hydrogen-bond acceptors (Lipinski definition) is 6. The van der Waals surface area contributed by atoms with Crippen LogP contribution in [0.4, 0.5) is 16.3 Å². The number of hydrogen-bond donors (Lipinski definition) is 2. The van der Waals surface area contributed by atoms with Gasteiger partial charge in [-0.1, -0.05) is 32.0 Å². The highest BCUT2D eigenvalue weighted by atomic mass is 16.2. The summed E-state index contributed by atoms with van der Waals surface area (Å²) < 4.78 is 2.85. The summed E-state index contributed by atoms with van der Waals surface area (Å²) in [6, 6.07) is 13.1. The van der Waals surface area contributed by atoms with Crippen molar-refractivity contribution in [3.05, 3.63) is 69.5 Å². The van der Waals surface area contributed by atoms with Crippen LogP contribution in [0.5, 0.6) is 0 Å². The third-order valence-electron chi connectivity index (χ3n) is 6.69. The number of piperazine rings is 1. The van der Waals surface area contributed by atoms with Gasteiger partial charge in [-0.3, -0.25) is 13.9 Å². The maximum atomic E-state index is 13.0. The van der Waals surface area contributed by atoms with E-state index in [9.17, 15) is 14.4 Å². The van der Waals surface area contributed by atoms with Crippen molar-refractivity contribution in [1.82, 2.24) is 29.0 Å². The van der Waals surface area contributed by atoms with Gasteiger partial charge in [-0.25, -0.2) is 19.6 Å². The van der Waals surface area contributed by atoms with E-state index in [0.717, 1.165) is 23.5 Å². The predicted octanol–water partition coefficient (Wildman–Crippen LogP) is 3.12. The van der Waals surface area contributed by atoms with Crippen LogP contribution in [0.3, 0.4) is 0 Å². The quantitative estimate of drug-likeness (QED) is 0.389. The van der Waals surface area contributed by atoms with Crippen LogP contribution in [0.2, 0.25) is 0 Å². The molecule has 1 saturated heterocycles. The van der Waals surface area contributed by atoms with E-state index in [2.05, 4.69) is 25.2 Å². The standard InChI is InChI=1S/C27H32N8O3/c1-3-12-34-24-22(25(36)35(13-4-2)27(34)38)30-23(31-24)19-10-11-21(28-18-19)32-14-16-33(17-15-32)26(37)29-20-8-6-5-7-9-20/h5-11,18H,3-4,12-17H2,1-2H3,(H,29,37)(H,30,31). The fourth-order valence-corrected chi connectivity index (χ4v) is 4.73. The number of carbonyl (C=O) groups excluding carboxylic acids is 1. The third-order valence-corrected chi connectivity index (χ3v) is 6.69. The SMILES string of the molecule is CCCn1c(=O)c2[nH]c(-c3ccc(N4CCN(C(=O)Nc5ccccc5)CC4)nc3)nc2n(CCC)c1=O. The van der Waals surface area contributed by atoms with Crippen LogP contribution in [0.25, 0.3) is 22.6 Å². The van der Waals surface area contributed by atoms with Crippen LogP contribution >= 0.6 is 0 Å². The van der Waals surface area contributed by atoms with Gasteiger partial charge in [0.1, 0.15) is 17.2 Å². The number of H-pyrrole nitrogens is 1. The van der Waals surface area contributed by atoms with Crippen molar-refractivity contribution in [3.8, 4) is 11.4 Å². The van der Waals surface area contributed by atoms with Gasteiger partial charge in [-0.2, -0.15) is 0 Å². The number of nitrogens with one attached hydrogen (secondary N) is 2. The van der Waals surface area contributed by atoms with Gasteiger partial charge in [-0.05, 0) is 37.1 Å². The number of fused-ring (bicyclic) bond motifs is 1. The van der Waals surface area contributed by atoms with Crippen molar-refractivity contribution >= 4 is 28.7 Å². The molecule has 0 radical (unpaired) electrons. The maximum absolute atomic E-state index is 13.0. The van der Waals surface area contributed by atoms with Crippen LogP contribution < -0.4 is 21.5 Å². The van der Waals surface area contributed by atoms with Crippen LogP contribution in [0.15, 0.2) is 58.3 Å². The minimum Gasteiger partial charge on any atom is -0.353 e. The first-order valence-corrected chi connectivity index (χ1v) is 13.1. The van der Waals surface area contributed by atoms with E-state index in [1.807, 2.05) is 56.3 Å². The summed E-state index contributed by atoms with van der Waals surface area (Å²) in [6.07, 6.45) is 3.15. The summed E-state index contributed by atoms with van der Waals surface area (Å²) in [5.74, 6) is 1.30. The molecule has 1 aliphatic heterocycles. The summed E-state index contributed by atoms with van der Waals surface area (Å²) in [5, 5.41) is 2.93. The fraction of sp³-hybridized carbons (Fsp3) is 0.370. The first-order valence-electron chi connectivity index (χ1n) is 13.1. The molecule has 1 aromatic carbocycles. The molecular weight excluding hydrogens is 484 g/mol. The number of nitrogens with zero attached hydrogens (tertiary/aromatic N) is 6. The molecule has 1 fully saturated rings. The van der Waals surface area contributed by atoms with E-state index >= 15 is 0 Å². The number of benzene rings is 1. The summed E-state index contributed by atoms with van der Waals surface area (Å²) in [4.78, 5) is 54.8. The average Bonchev–Trinajstić information content (AvgIpc) is 3.40. The van der Waals surface area contributed by atoms with Gasteiger partial charge in [-0.15, -0.1) is 0 Å². The Morgan fingerprint density at radius 3 is 2.32 bits per heavy atom. The number of pyridine rings is 1. The number of amides is 2. The fourth-order valence-electron chi connectivity index (χ4n) is 4.73. The summed E-state index contributed by atoms with van der Waals surface area (Å²) in [6.45, 7) is 7.28. The van der Waals surface area contributed by atoms with Gasteiger partial charge in [0.15, 0.2) is 5.65 Å². The van der Waals surface area contributed by atoms with Crippen molar-refractivity contribution in [1.29, 1.82) is 0 Å². The third kappa shape index (κ3) is 4.91. The molecule has 4 heterocycles. The van der Waals surface area contributed by atoms with Crippen molar-refractivity contribution in [2.75, 3.05) is 36.4 Å². The molecule has 0 saturated carbocycles. The van der Waals surface area contributed by atoms with Crippen LogP contribution in [-0.2, 0) is 13.1 Å². The summed E-state index contributed by atoms with van der Waals surface area (Å²) in [7, 11) is 0. The predicted molar refractivity (Wildman–Crippen MR) is 148 cm³/mol. The van der Waals surface area contributed by atoms with E-state index in [0.29, 0.717) is 62.7 Å². The van der Waals surface area contributed by atoms with Crippen molar-refractivity contribution in [3.63, 3.8) is 0 Å². The Bertz CT molecular complexity index is 1530. The second-order valence-corrected chi connectivity index (χ2v) is 9.35.